The summed E-state index contributed by atoms with van der Waals surface area (Å²) in [6.07, 6.45) is 1.59. The molecular formula is C26H28ClN11O2. The average molecular weight is 562 g/mol. The number of tetrazole rings is 1. The minimum Gasteiger partial charge on any atom is -0.377 e. The van der Waals surface area contributed by atoms with E-state index in [1.807, 2.05) is 32.0 Å². The topological polar surface area (TPSA) is 140 Å². The number of benzene rings is 1. The number of aryl methyl sites for hydroxylation is 2. The van der Waals surface area contributed by atoms with Crippen LogP contribution in [-0.2, 0) is 7.05 Å². The standard InChI is InChI=1S/C26H28ClN11O2/c1-13-8-16(22-17(9-13)25(39)36(5)24-21(26(40)35(3)4)29-12-37(22)24)14(2)30-18-6-7-19(27)31-20(18)23-32-34-38(33-23)15-10-28-11-15/h6-9,12,14-15,28,30H,10-11H2,1-5H3. The van der Waals surface area contributed by atoms with Gasteiger partial charge in [-0.3, -0.25) is 18.6 Å². The zero-order valence-electron chi connectivity index (χ0n) is 22.7. The van der Waals surface area contributed by atoms with Crippen LogP contribution in [0.15, 0.2) is 35.4 Å². The Kier molecular flexibility index (Phi) is 6.27. The Labute approximate surface area is 233 Å². The molecular weight excluding hydrogens is 534 g/mol. The van der Waals surface area contributed by atoms with Gasteiger partial charge in [0.15, 0.2) is 11.3 Å². The summed E-state index contributed by atoms with van der Waals surface area (Å²) in [6.45, 7) is 5.50. The number of carbonyl (C=O) groups excluding carboxylic acids is 1. The predicted octanol–water partition coefficient (Wildman–Crippen LogP) is 2.22. The summed E-state index contributed by atoms with van der Waals surface area (Å²) in [6, 6.07) is 7.24. The fourth-order valence-corrected chi connectivity index (χ4v) is 5.13. The Morgan fingerprint density at radius 2 is 2.02 bits per heavy atom. The average Bonchev–Trinajstić information content (AvgIpc) is 3.54. The van der Waals surface area contributed by atoms with Gasteiger partial charge < -0.3 is 15.5 Å². The molecule has 5 aromatic rings. The lowest BCUT2D eigenvalue weighted by Crippen LogP contribution is -2.44. The number of nitrogens with zero attached hydrogens (tertiary/aromatic N) is 9. The highest BCUT2D eigenvalue weighted by Crippen LogP contribution is 2.32. The second-order valence-electron chi connectivity index (χ2n) is 10.2. The summed E-state index contributed by atoms with van der Waals surface area (Å²) in [5.74, 6) is 0.0719. The summed E-state index contributed by atoms with van der Waals surface area (Å²) in [7, 11) is 4.96. The van der Waals surface area contributed by atoms with E-state index in [0.717, 1.165) is 24.2 Å². The van der Waals surface area contributed by atoms with E-state index in [4.69, 9.17) is 11.6 Å². The van der Waals surface area contributed by atoms with Crippen LogP contribution in [0.1, 0.15) is 40.6 Å². The molecule has 0 spiro atoms. The first-order valence-corrected chi connectivity index (χ1v) is 13.2. The van der Waals surface area contributed by atoms with E-state index in [1.165, 1.54) is 9.47 Å². The van der Waals surface area contributed by atoms with E-state index >= 15 is 0 Å². The van der Waals surface area contributed by atoms with Gasteiger partial charge in [0, 0.05) is 34.2 Å². The van der Waals surface area contributed by atoms with Gasteiger partial charge >= 0.3 is 0 Å². The zero-order chi connectivity index (χ0) is 28.3. The van der Waals surface area contributed by atoms with E-state index in [-0.39, 0.29) is 29.2 Å². The molecule has 1 unspecified atom stereocenters. The number of carbonyl (C=O) groups is 1. The smallest absolute Gasteiger partial charge is 0.275 e. The molecule has 0 radical (unpaired) electrons. The van der Waals surface area contributed by atoms with E-state index in [9.17, 15) is 9.59 Å². The number of pyridine rings is 1. The van der Waals surface area contributed by atoms with Gasteiger partial charge in [-0.25, -0.2) is 9.97 Å². The lowest BCUT2D eigenvalue weighted by atomic mass is 10.0. The van der Waals surface area contributed by atoms with Crippen LogP contribution in [0.4, 0.5) is 5.69 Å². The molecule has 14 heteroatoms. The number of amides is 1. The van der Waals surface area contributed by atoms with Crippen LogP contribution in [0.2, 0.25) is 5.15 Å². The number of hydrogen-bond acceptors (Lipinski definition) is 9. The van der Waals surface area contributed by atoms with E-state index < -0.39 is 0 Å². The van der Waals surface area contributed by atoms with Gasteiger partial charge in [-0.1, -0.05) is 17.7 Å². The van der Waals surface area contributed by atoms with E-state index in [0.29, 0.717) is 38.9 Å². The molecule has 0 aliphatic carbocycles. The highest BCUT2D eigenvalue weighted by atomic mass is 35.5. The number of nitrogens with one attached hydrogen (secondary N) is 2. The van der Waals surface area contributed by atoms with Gasteiger partial charge in [0.2, 0.25) is 5.82 Å². The third-order valence-electron chi connectivity index (χ3n) is 7.15. The van der Waals surface area contributed by atoms with Gasteiger partial charge in [-0.05, 0) is 48.4 Å². The van der Waals surface area contributed by atoms with Crippen molar-refractivity contribution < 1.29 is 4.79 Å². The van der Waals surface area contributed by atoms with Crippen molar-refractivity contribution in [2.45, 2.75) is 25.9 Å². The van der Waals surface area contributed by atoms with Gasteiger partial charge in [0.1, 0.15) is 17.2 Å². The fraction of sp³-hybridized carbons (Fsp3) is 0.346. The molecule has 1 saturated heterocycles. The van der Waals surface area contributed by atoms with Crippen molar-refractivity contribution in [3.05, 3.63) is 62.9 Å². The summed E-state index contributed by atoms with van der Waals surface area (Å²) in [5, 5.41) is 20.5. The minimum absolute atomic E-state index is 0.152. The van der Waals surface area contributed by atoms with Crippen molar-refractivity contribution in [2.75, 3.05) is 32.5 Å². The van der Waals surface area contributed by atoms with Gasteiger partial charge in [-0.2, -0.15) is 4.80 Å². The summed E-state index contributed by atoms with van der Waals surface area (Å²) < 4.78 is 3.28. The van der Waals surface area contributed by atoms with Crippen LogP contribution in [0, 0.1) is 6.92 Å². The highest BCUT2D eigenvalue weighted by Gasteiger charge is 2.25. The van der Waals surface area contributed by atoms with E-state index in [1.54, 1.807) is 42.7 Å². The normalized spacial score (nSPS) is 14.4. The lowest BCUT2D eigenvalue weighted by Gasteiger charge is -2.24. The van der Waals surface area contributed by atoms with Crippen molar-refractivity contribution in [3.8, 4) is 11.5 Å². The maximum atomic E-state index is 13.6. The van der Waals surface area contributed by atoms with Crippen LogP contribution >= 0.6 is 11.6 Å². The number of imidazole rings is 1. The first kappa shape index (κ1) is 25.9. The highest BCUT2D eigenvalue weighted by molar-refractivity contribution is 6.29. The van der Waals surface area contributed by atoms with E-state index in [2.05, 4.69) is 36.0 Å². The Hall–Kier alpha value is -4.36. The van der Waals surface area contributed by atoms with Crippen molar-refractivity contribution in [1.29, 1.82) is 0 Å². The molecule has 1 aliphatic heterocycles. The molecule has 2 N–H and O–H groups in total. The van der Waals surface area contributed by atoms with Crippen LogP contribution in [0.25, 0.3) is 28.1 Å². The first-order valence-electron chi connectivity index (χ1n) is 12.8. The third kappa shape index (κ3) is 4.18. The molecule has 13 nitrogen and oxygen atoms in total. The summed E-state index contributed by atoms with van der Waals surface area (Å²) >= 11 is 6.26. The molecule has 1 atom stereocenters. The number of aromatic nitrogens is 8. The fourth-order valence-electron chi connectivity index (χ4n) is 4.98. The number of halogens is 1. The maximum absolute atomic E-state index is 13.6. The molecule has 6 rings (SSSR count). The number of anilines is 1. The van der Waals surface area contributed by atoms with Crippen LogP contribution in [0.3, 0.4) is 0 Å². The van der Waals surface area contributed by atoms with Crippen molar-refractivity contribution in [3.63, 3.8) is 0 Å². The Bertz CT molecular complexity index is 1850. The molecule has 1 aromatic carbocycles. The van der Waals surface area contributed by atoms with Gasteiger partial charge in [0.05, 0.1) is 28.7 Å². The molecule has 5 heterocycles. The van der Waals surface area contributed by atoms with Crippen molar-refractivity contribution in [2.24, 2.45) is 7.05 Å². The number of fused-ring (bicyclic) bond motifs is 3. The predicted molar refractivity (Wildman–Crippen MR) is 151 cm³/mol. The monoisotopic (exact) mass is 561 g/mol. The maximum Gasteiger partial charge on any atom is 0.275 e. The summed E-state index contributed by atoms with van der Waals surface area (Å²) in [4.78, 5) is 38.4. The molecule has 1 aliphatic rings. The first-order chi connectivity index (χ1) is 19.1. The lowest BCUT2D eigenvalue weighted by molar-refractivity contribution is 0.0824. The van der Waals surface area contributed by atoms with Crippen molar-refractivity contribution >= 4 is 39.7 Å². The Morgan fingerprint density at radius 1 is 1.25 bits per heavy atom. The largest absolute Gasteiger partial charge is 0.377 e. The van der Waals surface area contributed by atoms with Crippen molar-refractivity contribution in [1.82, 2.24) is 49.4 Å². The van der Waals surface area contributed by atoms with Crippen LogP contribution in [-0.4, -0.2) is 77.1 Å². The second-order valence-corrected chi connectivity index (χ2v) is 10.6. The molecule has 1 amide bonds. The number of hydrogen-bond donors (Lipinski definition) is 2. The molecule has 206 valence electrons. The Balaban J connectivity index is 1.48. The number of rotatable bonds is 6. The second kappa shape index (κ2) is 9.68. The molecule has 1 fully saturated rings. The molecule has 0 saturated carbocycles. The quantitative estimate of drug-likeness (QED) is 0.298. The van der Waals surface area contributed by atoms with Crippen LogP contribution < -0.4 is 16.2 Å². The SMILES string of the molecule is Cc1cc(C(C)Nc2ccc(Cl)nc2-c2nnn(C3CNC3)n2)c2c(c1)c(=O)n(C)c1c(C(=O)N(C)C)ncn21. The minimum atomic E-state index is -0.305. The van der Waals surface area contributed by atoms with Gasteiger partial charge in [0.25, 0.3) is 11.5 Å². The molecule has 4 aromatic heterocycles. The van der Waals surface area contributed by atoms with Gasteiger partial charge in [-0.15, -0.1) is 10.2 Å². The molecule has 0 bridgehead atoms. The zero-order valence-corrected chi connectivity index (χ0v) is 23.4. The third-order valence-corrected chi connectivity index (χ3v) is 7.37. The summed E-state index contributed by atoms with van der Waals surface area (Å²) in [5.41, 5.74) is 3.98. The van der Waals surface area contributed by atoms with Crippen LogP contribution in [0.5, 0.6) is 0 Å². The Morgan fingerprint density at radius 3 is 2.73 bits per heavy atom. The molecule has 40 heavy (non-hydrogen) atoms.